The second kappa shape index (κ2) is 7.76. The van der Waals surface area contributed by atoms with Gasteiger partial charge in [0.2, 0.25) is 5.88 Å². The van der Waals surface area contributed by atoms with Gasteiger partial charge in [-0.25, -0.2) is 9.37 Å². The maximum atomic E-state index is 14.2. The quantitative estimate of drug-likeness (QED) is 0.866. The molecule has 2 aromatic rings. The number of ether oxygens (including phenoxy) is 3. The molecule has 0 radical (unpaired) electrons. The summed E-state index contributed by atoms with van der Waals surface area (Å²) in [7, 11) is 3.03. The fourth-order valence-electron chi connectivity index (χ4n) is 3.15. The van der Waals surface area contributed by atoms with Crippen molar-refractivity contribution in [3.8, 4) is 11.6 Å². The molecule has 1 aromatic carbocycles. The van der Waals surface area contributed by atoms with Gasteiger partial charge in [0.15, 0.2) is 11.6 Å². The third-order valence-corrected chi connectivity index (χ3v) is 4.57. The van der Waals surface area contributed by atoms with Crippen molar-refractivity contribution in [3.63, 3.8) is 0 Å². The van der Waals surface area contributed by atoms with Crippen molar-refractivity contribution >= 4 is 0 Å². The van der Waals surface area contributed by atoms with Gasteiger partial charge in [0, 0.05) is 37.7 Å². The van der Waals surface area contributed by atoms with Crippen LogP contribution in [0.15, 0.2) is 30.6 Å². The van der Waals surface area contributed by atoms with Crippen LogP contribution >= 0.6 is 0 Å². The van der Waals surface area contributed by atoms with Gasteiger partial charge in [-0.3, -0.25) is 4.98 Å². The summed E-state index contributed by atoms with van der Waals surface area (Å²) in [5.41, 5.74) is 1.19. The zero-order chi connectivity index (χ0) is 17.7. The Morgan fingerprint density at radius 1 is 1.16 bits per heavy atom. The van der Waals surface area contributed by atoms with Crippen LogP contribution in [0.2, 0.25) is 0 Å². The maximum absolute atomic E-state index is 14.2. The Bertz CT molecular complexity index is 720. The van der Waals surface area contributed by atoms with E-state index >= 15 is 0 Å². The van der Waals surface area contributed by atoms with Crippen LogP contribution in [0, 0.1) is 5.82 Å². The lowest BCUT2D eigenvalue weighted by Crippen LogP contribution is -2.46. The minimum Gasteiger partial charge on any atom is -0.494 e. The summed E-state index contributed by atoms with van der Waals surface area (Å²) in [6.45, 7) is 1.68. The van der Waals surface area contributed by atoms with Gasteiger partial charge >= 0.3 is 0 Å². The molecular weight excluding hydrogens is 325 g/mol. The van der Waals surface area contributed by atoms with Gasteiger partial charge in [-0.05, 0) is 30.5 Å². The second-order valence-electron chi connectivity index (χ2n) is 5.91. The molecule has 1 saturated heterocycles. The van der Waals surface area contributed by atoms with Gasteiger partial charge < -0.3 is 19.5 Å². The first-order valence-corrected chi connectivity index (χ1v) is 8.19. The fraction of sp³-hybridized carbons (Fsp3) is 0.444. The fourth-order valence-corrected chi connectivity index (χ4v) is 3.15. The van der Waals surface area contributed by atoms with Gasteiger partial charge in [0.1, 0.15) is 5.69 Å². The molecule has 1 aliphatic heterocycles. The Morgan fingerprint density at radius 2 is 1.92 bits per heavy atom. The van der Waals surface area contributed by atoms with Crippen molar-refractivity contribution in [1.29, 1.82) is 0 Å². The third kappa shape index (κ3) is 3.72. The van der Waals surface area contributed by atoms with Crippen molar-refractivity contribution in [2.75, 3.05) is 27.4 Å². The first-order valence-electron chi connectivity index (χ1n) is 8.19. The summed E-state index contributed by atoms with van der Waals surface area (Å²) in [4.78, 5) is 8.50. The van der Waals surface area contributed by atoms with Crippen molar-refractivity contribution in [2.24, 2.45) is 0 Å². The first-order chi connectivity index (χ1) is 12.2. The predicted octanol–water partition coefficient (Wildman–Crippen LogP) is 2.43. The topological polar surface area (TPSA) is 65.5 Å². The van der Waals surface area contributed by atoms with E-state index in [-0.39, 0.29) is 11.6 Å². The average Bonchev–Trinajstić information content (AvgIpc) is 2.67. The molecule has 0 saturated carbocycles. The Kier molecular flexibility index (Phi) is 5.45. The molecule has 1 aliphatic rings. The lowest BCUT2D eigenvalue weighted by molar-refractivity contribution is 0.0354. The van der Waals surface area contributed by atoms with E-state index in [0.717, 1.165) is 18.4 Å². The summed E-state index contributed by atoms with van der Waals surface area (Å²) in [6.07, 6.45) is 4.69. The molecule has 0 aliphatic carbocycles. The van der Waals surface area contributed by atoms with Crippen molar-refractivity contribution in [3.05, 3.63) is 47.7 Å². The number of benzene rings is 1. The van der Waals surface area contributed by atoms with E-state index in [9.17, 15) is 4.39 Å². The standard InChI is InChI=1S/C18H22FN3O3/c1-23-16-4-3-13(11-14(16)19)18(5-9-25-10-6-18)22-12-15-17(24-2)21-8-7-20-15/h3-4,7-8,11,22H,5-6,9-10,12H2,1-2H3. The molecule has 2 heterocycles. The Labute approximate surface area is 146 Å². The number of aromatic nitrogens is 2. The molecule has 7 heteroatoms. The van der Waals surface area contributed by atoms with Gasteiger partial charge in [0.25, 0.3) is 0 Å². The summed E-state index contributed by atoms with van der Waals surface area (Å²) in [6, 6.07) is 5.09. The van der Waals surface area contributed by atoms with Crippen LogP contribution in [0.1, 0.15) is 24.1 Å². The molecule has 1 aromatic heterocycles. The molecule has 1 fully saturated rings. The van der Waals surface area contributed by atoms with Crippen molar-refractivity contribution < 1.29 is 18.6 Å². The number of hydrogen-bond donors (Lipinski definition) is 1. The number of nitrogens with zero attached hydrogens (tertiary/aromatic N) is 2. The van der Waals surface area contributed by atoms with Gasteiger partial charge in [0.05, 0.1) is 14.2 Å². The smallest absolute Gasteiger partial charge is 0.236 e. The Hall–Kier alpha value is -2.25. The average molecular weight is 347 g/mol. The highest BCUT2D eigenvalue weighted by atomic mass is 19.1. The van der Waals surface area contributed by atoms with Crippen LogP contribution in [0.5, 0.6) is 11.6 Å². The maximum Gasteiger partial charge on any atom is 0.236 e. The number of nitrogens with one attached hydrogen (secondary N) is 1. The predicted molar refractivity (Wildman–Crippen MR) is 90.1 cm³/mol. The molecule has 0 atom stereocenters. The highest BCUT2D eigenvalue weighted by Crippen LogP contribution is 2.34. The molecule has 0 unspecified atom stereocenters. The van der Waals surface area contributed by atoms with Crippen LogP contribution in [0.3, 0.4) is 0 Å². The lowest BCUT2D eigenvalue weighted by Gasteiger charge is -2.39. The van der Waals surface area contributed by atoms with E-state index in [0.29, 0.717) is 31.3 Å². The number of halogens is 1. The molecule has 6 nitrogen and oxygen atoms in total. The van der Waals surface area contributed by atoms with Gasteiger partial charge in [-0.15, -0.1) is 0 Å². The molecular formula is C18H22FN3O3. The van der Waals surface area contributed by atoms with E-state index in [4.69, 9.17) is 14.2 Å². The summed E-state index contributed by atoms with van der Waals surface area (Å²) in [5, 5.41) is 3.54. The number of hydrogen-bond acceptors (Lipinski definition) is 6. The first kappa shape index (κ1) is 17.6. The molecule has 25 heavy (non-hydrogen) atoms. The van der Waals surface area contributed by atoms with E-state index in [2.05, 4.69) is 15.3 Å². The van der Waals surface area contributed by atoms with E-state index < -0.39 is 5.54 Å². The van der Waals surface area contributed by atoms with Crippen LogP contribution < -0.4 is 14.8 Å². The summed E-state index contributed by atoms with van der Waals surface area (Å²) in [5.74, 6) is 0.351. The van der Waals surface area contributed by atoms with Crippen LogP contribution in [0.25, 0.3) is 0 Å². The van der Waals surface area contributed by atoms with E-state index in [1.807, 2.05) is 6.07 Å². The SMILES string of the molecule is COc1ccc(C2(NCc3nccnc3OC)CCOCC2)cc1F. The lowest BCUT2D eigenvalue weighted by atomic mass is 9.82. The third-order valence-electron chi connectivity index (χ3n) is 4.57. The molecule has 1 N–H and O–H groups in total. The van der Waals surface area contributed by atoms with Gasteiger partial charge in [-0.1, -0.05) is 6.07 Å². The number of methoxy groups -OCH3 is 2. The monoisotopic (exact) mass is 347 g/mol. The van der Waals surface area contributed by atoms with Crippen LogP contribution in [-0.4, -0.2) is 37.4 Å². The van der Waals surface area contributed by atoms with Gasteiger partial charge in [-0.2, -0.15) is 0 Å². The minimum absolute atomic E-state index is 0.238. The van der Waals surface area contributed by atoms with Crippen molar-refractivity contribution in [1.82, 2.24) is 15.3 Å². The summed E-state index contributed by atoms with van der Waals surface area (Å²) < 4.78 is 30.0. The van der Waals surface area contributed by atoms with Crippen LogP contribution in [0.4, 0.5) is 4.39 Å². The molecule has 0 spiro atoms. The molecule has 0 bridgehead atoms. The Balaban J connectivity index is 1.87. The minimum atomic E-state index is -0.395. The molecule has 0 amide bonds. The zero-order valence-electron chi connectivity index (χ0n) is 14.4. The Morgan fingerprint density at radius 3 is 2.60 bits per heavy atom. The second-order valence-corrected chi connectivity index (χ2v) is 5.91. The molecule has 3 rings (SSSR count). The van der Waals surface area contributed by atoms with E-state index in [1.165, 1.54) is 13.2 Å². The number of rotatable bonds is 6. The molecule has 134 valence electrons. The largest absolute Gasteiger partial charge is 0.494 e. The normalized spacial score (nSPS) is 16.4. The highest BCUT2D eigenvalue weighted by molar-refractivity contribution is 5.34. The van der Waals surface area contributed by atoms with Crippen LogP contribution in [-0.2, 0) is 16.8 Å². The van der Waals surface area contributed by atoms with Crippen molar-refractivity contribution in [2.45, 2.75) is 24.9 Å². The summed E-state index contributed by atoms with van der Waals surface area (Å²) >= 11 is 0. The highest BCUT2D eigenvalue weighted by Gasteiger charge is 2.35. The zero-order valence-corrected chi connectivity index (χ0v) is 14.4. The van der Waals surface area contributed by atoms with E-state index in [1.54, 1.807) is 25.6 Å².